The number of nitrogens with zero attached hydrogens (tertiary/aromatic N) is 1. The smallest absolute Gasteiger partial charge is 0.248 e. The van der Waals surface area contributed by atoms with Crippen molar-refractivity contribution >= 4 is 29.0 Å². The Hall–Kier alpha value is -2.66. The van der Waals surface area contributed by atoms with Gasteiger partial charge in [0, 0.05) is 28.4 Å². The second kappa shape index (κ2) is 6.19. The van der Waals surface area contributed by atoms with Crippen molar-refractivity contribution in [3.8, 4) is 11.3 Å². The van der Waals surface area contributed by atoms with E-state index in [0.29, 0.717) is 0 Å². The number of thiophene rings is 1. The van der Waals surface area contributed by atoms with Gasteiger partial charge in [-0.05, 0) is 35.7 Å². The molecule has 1 aromatic carbocycles. The molecule has 0 aliphatic rings. The lowest BCUT2D eigenvalue weighted by molar-refractivity contribution is -0.111. The van der Waals surface area contributed by atoms with Crippen molar-refractivity contribution in [1.29, 1.82) is 0 Å². The van der Waals surface area contributed by atoms with Gasteiger partial charge in [0.25, 0.3) is 0 Å². The minimum absolute atomic E-state index is 0.148. The van der Waals surface area contributed by atoms with Crippen molar-refractivity contribution in [3.63, 3.8) is 0 Å². The maximum atomic E-state index is 11.9. The summed E-state index contributed by atoms with van der Waals surface area (Å²) in [5.41, 5.74) is 2.65. The van der Waals surface area contributed by atoms with E-state index in [9.17, 15) is 4.79 Å². The number of aromatic amines is 1. The minimum Gasteiger partial charge on any atom is -0.322 e. The molecule has 0 bridgehead atoms. The predicted octanol–water partition coefficient (Wildman–Crippen LogP) is 3.79. The molecule has 0 unspecified atom stereocenters. The molecule has 0 saturated heterocycles. The highest BCUT2D eigenvalue weighted by molar-refractivity contribution is 7.10. The summed E-state index contributed by atoms with van der Waals surface area (Å²) < 4.78 is 0. The van der Waals surface area contributed by atoms with E-state index in [2.05, 4.69) is 15.5 Å². The Labute approximate surface area is 126 Å². The lowest BCUT2D eigenvalue weighted by Crippen LogP contribution is -2.07. The number of H-pyrrole nitrogens is 1. The molecule has 21 heavy (non-hydrogen) atoms. The number of anilines is 1. The zero-order chi connectivity index (χ0) is 14.5. The van der Waals surface area contributed by atoms with Crippen LogP contribution in [0.25, 0.3) is 17.3 Å². The number of carbonyl (C=O) groups is 1. The maximum Gasteiger partial charge on any atom is 0.248 e. The molecule has 0 radical (unpaired) electrons. The summed E-state index contributed by atoms with van der Waals surface area (Å²) in [6, 6.07) is 13.4. The van der Waals surface area contributed by atoms with Crippen molar-refractivity contribution < 1.29 is 4.79 Å². The van der Waals surface area contributed by atoms with Crippen LogP contribution in [0.4, 0.5) is 5.69 Å². The van der Waals surface area contributed by atoms with Gasteiger partial charge < -0.3 is 5.32 Å². The Morgan fingerprint density at radius 3 is 2.95 bits per heavy atom. The molecular weight excluding hydrogens is 282 g/mol. The molecule has 0 saturated carbocycles. The highest BCUT2D eigenvalue weighted by atomic mass is 32.1. The second-order valence-electron chi connectivity index (χ2n) is 4.39. The molecule has 1 amide bonds. The lowest BCUT2D eigenvalue weighted by atomic mass is 10.1. The quantitative estimate of drug-likeness (QED) is 0.719. The van der Waals surface area contributed by atoms with Gasteiger partial charge in [0.05, 0.1) is 5.69 Å². The van der Waals surface area contributed by atoms with Crippen LogP contribution in [-0.4, -0.2) is 16.1 Å². The van der Waals surface area contributed by atoms with Gasteiger partial charge in [0.2, 0.25) is 5.91 Å². The molecule has 2 aromatic heterocycles. The first kappa shape index (κ1) is 13.3. The lowest BCUT2D eigenvalue weighted by Gasteiger charge is -2.04. The van der Waals surface area contributed by atoms with Crippen LogP contribution in [0.3, 0.4) is 0 Å². The Kier molecular flexibility index (Phi) is 3.93. The zero-order valence-corrected chi connectivity index (χ0v) is 11.9. The molecule has 0 atom stereocenters. The summed E-state index contributed by atoms with van der Waals surface area (Å²) in [4.78, 5) is 12.9. The van der Waals surface area contributed by atoms with Crippen LogP contribution in [0, 0.1) is 0 Å². The van der Waals surface area contributed by atoms with Crippen molar-refractivity contribution in [2.24, 2.45) is 0 Å². The molecule has 0 aliphatic heterocycles. The van der Waals surface area contributed by atoms with Gasteiger partial charge in [-0.1, -0.05) is 18.2 Å². The molecule has 3 aromatic rings. The van der Waals surface area contributed by atoms with Gasteiger partial charge in [-0.15, -0.1) is 11.3 Å². The number of nitrogens with one attached hydrogen (secondary N) is 2. The van der Waals surface area contributed by atoms with Gasteiger partial charge in [-0.25, -0.2) is 0 Å². The molecule has 4 nitrogen and oxygen atoms in total. The van der Waals surface area contributed by atoms with Gasteiger partial charge in [0.15, 0.2) is 0 Å². The van der Waals surface area contributed by atoms with Gasteiger partial charge in [0.1, 0.15) is 0 Å². The van der Waals surface area contributed by atoms with E-state index in [1.807, 2.05) is 47.8 Å². The summed E-state index contributed by atoms with van der Waals surface area (Å²) in [7, 11) is 0. The minimum atomic E-state index is -0.148. The van der Waals surface area contributed by atoms with E-state index >= 15 is 0 Å². The van der Waals surface area contributed by atoms with Crippen LogP contribution in [0.2, 0.25) is 0 Å². The molecule has 5 heteroatoms. The van der Waals surface area contributed by atoms with Crippen LogP contribution in [-0.2, 0) is 4.79 Å². The molecule has 0 spiro atoms. The average Bonchev–Trinajstić information content (AvgIpc) is 3.19. The Bertz CT molecular complexity index is 746. The topological polar surface area (TPSA) is 57.8 Å². The second-order valence-corrected chi connectivity index (χ2v) is 5.37. The zero-order valence-electron chi connectivity index (χ0n) is 11.1. The van der Waals surface area contributed by atoms with Gasteiger partial charge in [-0.3, -0.25) is 9.89 Å². The van der Waals surface area contributed by atoms with Crippen LogP contribution in [0.1, 0.15) is 4.88 Å². The molecule has 0 aliphatic carbocycles. The van der Waals surface area contributed by atoms with Crippen molar-refractivity contribution in [2.75, 3.05) is 5.32 Å². The third-order valence-electron chi connectivity index (χ3n) is 2.88. The SMILES string of the molecule is O=C(C=Cc1cccs1)Nc1cccc(-c2ccn[nH]2)c1. The molecule has 104 valence electrons. The molecular formula is C16H13N3OS. The number of amides is 1. The largest absolute Gasteiger partial charge is 0.322 e. The Balaban J connectivity index is 1.70. The summed E-state index contributed by atoms with van der Waals surface area (Å²) in [6.07, 6.45) is 5.04. The van der Waals surface area contributed by atoms with Crippen molar-refractivity contribution in [1.82, 2.24) is 10.2 Å². The number of rotatable bonds is 4. The van der Waals surface area contributed by atoms with E-state index in [4.69, 9.17) is 0 Å². The highest BCUT2D eigenvalue weighted by Gasteiger charge is 2.02. The van der Waals surface area contributed by atoms with Crippen LogP contribution in [0.5, 0.6) is 0 Å². The third kappa shape index (κ3) is 3.46. The normalized spacial score (nSPS) is 10.9. The average molecular weight is 295 g/mol. The third-order valence-corrected chi connectivity index (χ3v) is 3.72. The number of aromatic nitrogens is 2. The van der Waals surface area contributed by atoms with Gasteiger partial charge >= 0.3 is 0 Å². The molecule has 2 heterocycles. The summed E-state index contributed by atoms with van der Waals surface area (Å²) in [6.45, 7) is 0. The molecule has 3 rings (SSSR count). The highest BCUT2D eigenvalue weighted by Crippen LogP contribution is 2.20. The maximum absolute atomic E-state index is 11.9. The first-order valence-electron chi connectivity index (χ1n) is 6.44. The van der Waals surface area contributed by atoms with E-state index in [1.54, 1.807) is 23.6 Å². The van der Waals surface area contributed by atoms with Gasteiger partial charge in [-0.2, -0.15) is 5.10 Å². The van der Waals surface area contributed by atoms with Crippen molar-refractivity contribution in [3.05, 3.63) is 65.0 Å². The van der Waals surface area contributed by atoms with Crippen LogP contribution in [0.15, 0.2) is 60.1 Å². The standard InChI is InChI=1S/C16H13N3OS/c20-16(7-6-14-5-2-10-21-14)18-13-4-1-3-12(11-13)15-8-9-17-19-15/h1-11H,(H,17,19)(H,18,20). The van der Waals surface area contributed by atoms with Crippen molar-refractivity contribution in [2.45, 2.75) is 0 Å². The van der Waals surface area contributed by atoms with E-state index in [1.165, 1.54) is 6.08 Å². The number of hydrogen-bond donors (Lipinski definition) is 2. The monoisotopic (exact) mass is 295 g/mol. The summed E-state index contributed by atoms with van der Waals surface area (Å²) >= 11 is 1.59. The Morgan fingerprint density at radius 2 is 2.19 bits per heavy atom. The van der Waals surface area contributed by atoms with E-state index < -0.39 is 0 Å². The Morgan fingerprint density at radius 1 is 1.24 bits per heavy atom. The van der Waals surface area contributed by atoms with Crippen LogP contribution >= 0.6 is 11.3 Å². The predicted molar refractivity (Wildman–Crippen MR) is 86.0 cm³/mol. The van der Waals surface area contributed by atoms with E-state index in [-0.39, 0.29) is 5.91 Å². The first-order chi connectivity index (χ1) is 10.3. The molecule has 2 N–H and O–H groups in total. The summed E-state index contributed by atoms with van der Waals surface area (Å²) in [5.74, 6) is -0.148. The van der Waals surface area contributed by atoms with E-state index in [0.717, 1.165) is 21.8 Å². The fourth-order valence-electron chi connectivity index (χ4n) is 1.91. The number of carbonyl (C=O) groups excluding carboxylic acids is 1. The number of benzene rings is 1. The fourth-order valence-corrected chi connectivity index (χ4v) is 2.53. The summed E-state index contributed by atoms with van der Waals surface area (Å²) in [5, 5.41) is 11.7. The van der Waals surface area contributed by atoms with Crippen LogP contribution < -0.4 is 5.32 Å². The molecule has 0 fully saturated rings. The first-order valence-corrected chi connectivity index (χ1v) is 7.31. The number of hydrogen-bond acceptors (Lipinski definition) is 3. The fraction of sp³-hybridized carbons (Fsp3) is 0.